The van der Waals surface area contributed by atoms with Crippen molar-refractivity contribution in [3.63, 3.8) is 0 Å². The van der Waals surface area contributed by atoms with Crippen molar-refractivity contribution in [2.75, 3.05) is 39.4 Å². The number of carbonyl (C=O) groups excluding carboxylic acids is 1. The highest BCUT2D eigenvalue weighted by atomic mass is 16.5. The second-order valence-corrected chi connectivity index (χ2v) is 7.36. The van der Waals surface area contributed by atoms with Crippen LogP contribution in [-0.4, -0.2) is 50.2 Å². The maximum absolute atomic E-state index is 13.0. The zero-order valence-electron chi connectivity index (χ0n) is 14.8. The topological polar surface area (TPSA) is 41.6 Å². The molecule has 0 aliphatic carbocycles. The Hall–Kier alpha value is -1.39. The van der Waals surface area contributed by atoms with E-state index >= 15 is 0 Å². The largest absolute Gasteiger partial charge is 0.381 e. The van der Waals surface area contributed by atoms with E-state index in [9.17, 15) is 4.79 Å². The first-order valence-electron chi connectivity index (χ1n) is 9.35. The molecule has 2 saturated heterocycles. The second-order valence-electron chi connectivity index (χ2n) is 7.36. The lowest BCUT2D eigenvalue weighted by atomic mass is 9.73. The first-order valence-corrected chi connectivity index (χ1v) is 9.35. The van der Waals surface area contributed by atoms with E-state index in [4.69, 9.17) is 4.74 Å². The standard InChI is InChI=1S/C20H30N2O2/c1-17-6-5-12-22(16-17)13-11-21-19(23)20(9-14-24-15-10-20)18-7-3-2-4-8-18/h2-4,7-8,17H,5-6,9-16H2,1H3,(H,21,23). The molecular weight excluding hydrogens is 300 g/mol. The summed E-state index contributed by atoms with van der Waals surface area (Å²) in [7, 11) is 0. The van der Waals surface area contributed by atoms with Gasteiger partial charge in [-0.15, -0.1) is 0 Å². The first-order chi connectivity index (χ1) is 11.7. The van der Waals surface area contributed by atoms with Crippen LogP contribution in [0.5, 0.6) is 0 Å². The van der Waals surface area contributed by atoms with E-state index in [1.807, 2.05) is 18.2 Å². The minimum atomic E-state index is -0.422. The van der Waals surface area contributed by atoms with Gasteiger partial charge in [0, 0.05) is 32.8 Å². The molecule has 2 aliphatic rings. The number of rotatable bonds is 5. The normalized spacial score (nSPS) is 24.5. The summed E-state index contributed by atoms with van der Waals surface area (Å²) in [5.41, 5.74) is 0.701. The molecule has 2 aliphatic heterocycles. The van der Waals surface area contributed by atoms with Gasteiger partial charge in [0.25, 0.3) is 0 Å². The van der Waals surface area contributed by atoms with Crippen molar-refractivity contribution >= 4 is 5.91 Å². The molecule has 4 nitrogen and oxygen atoms in total. The molecule has 1 atom stereocenters. The molecule has 0 aromatic heterocycles. The lowest BCUT2D eigenvalue weighted by Gasteiger charge is -2.37. The summed E-state index contributed by atoms with van der Waals surface area (Å²) in [5.74, 6) is 0.947. The number of hydrogen-bond acceptors (Lipinski definition) is 3. The van der Waals surface area contributed by atoms with E-state index in [1.165, 1.54) is 12.8 Å². The van der Waals surface area contributed by atoms with Crippen LogP contribution in [0.15, 0.2) is 30.3 Å². The fourth-order valence-electron chi connectivity index (χ4n) is 4.11. The summed E-state index contributed by atoms with van der Waals surface area (Å²) in [6.07, 6.45) is 4.15. The number of piperidine rings is 1. The van der Waals surface area contributed by atoms with Gasteiger partial charge in [-0.1, -0.05) is 37.3 Å². The van der Waals surface area contributed by atoms with Crippen LogP contribution in [-0.2, 0) is 14.9 Å². The number of carbonyl (C=O) groups is 1. The van der Waals surface area contributed by atoms with Crippen LogP contribution in [0.4, 0.5) is 0 Å². The lowest BCUT2D eigenvalue weighted by Crippen LogP contribution is -2.50. The summed E-state index contributed by atoms with van der Waals surface area (Å²) in [6, 6.07) is 10.2. The molecule has 0 radical (unpaired) electrons. The molecule has 0 bridgehead atoms. The van der Waals surface area contributed by atoms with Crippen LogP contribution in [0.2, 0.25) is 0 Å². The quantitative estimate of drug-likeness (QED) is 0.902. The van der Waals surface area contributed by atoms with Crippen LogP contribution >= 0.6 is 0 Å². The number of nitrogens with zero attached hydrogens (tertiary/aromatic N) is 1. The Morgan fingerprint density at radius 1 is 1.29 bits per heavy atom. The Morgan fingerprint density at radius 3 is 2.75 bits per heavy atom. The third-order valence-electron chi connectivity index (χ3n) is 5.56. The number of amides is 1. The summed E-state index contributed by atoms with van der Waals surface area (Å²) >= 11 is 0. The van der Waals surface area contributed by atoms with E-state index in [2.05, 4.69) is 29.3 Å². The average molecular weight is 330 g/mol. The van der Waals surface area contributed by atoms with Crippen molar-refractivity contribution in [3.8, 4) is 0 Å². The zero-order chi connectivity index (χ0) is 16.8. The van der Waals surface area contributed by atoms with E-state index in [0.717, 1.165) is 50.5 Å². The molecule has 1 unspecified atom stereocenters. The number of ether oxygens (including phenoxy) is 1. The van der Waals surface area contributed by atoms with Gasteiger partial charge in [-0.25, -0.2) is 0 Å². The lowest BCUT2D eigenvalue weighted by molar-refractivity contribution is -0.130. The Balaban J connectivity index is 1.60. The van der Waals surface area contributed by atoms with Gasteiger partial charge >= 0.3 is 0 Å². The molecule has 24 heavy (non-hydrogen) atoms. The summed E-state index contributed by atoms with van der Waals surface area (Å²) in [6.45, 7) is 7.65. The summed E-state index contributed by atoms with van der Waals surface area (Å²) < 4.78 is 5.52. The van der Waals surface area contributed by atoms with Crippen molar-refractivity contribution in [1.82, 2.24) is 10.2 Å². The average Bonchev–Trinajstić information content (AvgIpc) is 2.63. The second kappa shape index (κ2) is 8.13. The molecule has 3 rings (SSSR count). The van der Waals surface area contributed by atoms with Crippen molar-refractivity contribution in [3.05, 3.63) is 35.9 Å². The predicted octanol–water partition coefficient (Wildman–Crippen LogP) is 2.58. The Bertz CT molecular complexity index is 526. The van der Waals surface area contributed by atoms with E-state index < -0.39 is 5.41 Å². The van der Waals surface area contributed by atoms with Crippen LogP contribution in [0, 0.1) is 5.92 Å². The van der Waals surface area contributed by atoms with Gasteiger partial charge in [-0.05, 0) is 43.7 Å². The fraction of sp³-hybridized carbons (Fsp3) is 0.650. The highest BCUT2D eigenvalue weighted by Gasteiger charge is 2.41. The number of benzene rings is 1. The molecular formula is C20H30N2O2. The van der Waals surface area contributed by atoms with Gasteiger partial charge in [0.2, 0.25) is 5.91 Å². The van der Waals surface area contributed by atoms with Gasteiger partial charge in [0.15, 0.2) is 0 Å². The van der Waals surface area contributed by atoms with Crippen molar-refractivity contribution in [2.24, 2.45) is 5.92 Å². The summed E-state index contributed by atoms with van der Waals surface area (Å²) in [5, 5.41) is 3.22. The zero-order valence-corrected chi connectivity index (χ0v) is 14.8. The van der Waals surface area contributed by atoms with Gasteiger partial charge in [0.05, 0.1) is 5.41 Å². The highest BCUT2D eigenvalue weighted by Crippen LogP contribution is 2.35. The molecule has 1 aromatic rings. The molecule has 2 heterocycles. The number of nitrogens with one attached hydrogen (secondary N) is 1. The SMILES string of the molecule is CC1CCCN(CCNC(=O)C2(c3ccccc3)CCOCC2)C1. The molecule has 1 N–H and O–H groups in total. The predicted molar refractivity (Wildman–Crippen MR) is 96.0 cm³/mol. The molecule has 1 amide bonds. The minimum Gasteiger partial charge on any atom is -0.381 e. The van der Waals surface area contributed by atoms with Crippen LogP contribution in [0.25, 0.3) is 0 Å². The van der Waals surface area contributed by atoms with Gasteiger partial charge in [-0.2, -0.15) is 0 Å². The van der Waals surface area contributed by atoms with Gasteiger partial charge in [-0.3, -0.25) is 4.79 Å². The van der Waals surface area contributed by atoms with E-state index in [1.54, 1.807) is 0 Å². The van der Waals surface area contributed by atoms with Crippen LogP contribution < -0.4 is 5.32 Å². The summed E-state index contributed by atoms with van der Waals surface area (Å²) in [4.78, 5) is 15.5. The van der Waals surface area contributed by atoms with Crippen molar-refractivity contribution in [1.29, 1.82) is 0 Å². The molecule has 0 spiro atoms. The maximum Gasteiger partial charge on any atom is 0.230 e. The Morgan fingerprint density at radius 2 is 2.04 bits per heavy atom. The third-order valence-corrected chi connectivity index (χ3v) is 5.56. The molecule has 2 fully saturated rings. The molecule has 1 aromatic carbocycles. The monoisotopic (exact) mass is 330 g/mol. The number of likely N-dealkylation sites (tertiary alicyclic amines) is 1. The van der Waals surface area contributed by atoms with Crippen LogP contribution in [0.3, 0.4) is 0 Å². The minimum absolute atomic E-state index is 0.169. The maximum atomic E-state index is 13.0. The van der Waals surface area contributed by atoms with E-state index in [-0.39, 0.29) is 5.91 Å². The molecule has 4 heteroatoms. The Labute approximate surface area is 145 Å². The fourth-order valence-corrected chi connectivity index (χ4v) is 4.11. The van der Waals surface area contributed by atoms with Crippen molar-refractivity contribution < 1.29 is 9.53 Å². The highest BCUT2D eigenvalue weighted by molar-refractivity contribution is 5.88. The van der Waals surface area contributed by atoms with Crippen LogP contribution in [0.1, 0.15) is 38.2 Å². The Kier molecular flexibility index (Phi) is 5.90. The molecule has 132 valence electrons. The van der Waals surface area contributed by atoms with Crippen molar-refractivity contribution in [2.45, 2.75) is 38.0 Å². The number of hydrogen-bond donors (Lipinski definition) is 1. The van der Waals surface area contributed by atoms with Gasteiger partial charge < -0.3 is 15.0 Å². The molecule has 0 saturated carbocycles. The third kappa shape index (κ3) is 3.98. The van der Waals surface area contributed by atoms with E-state index in [0.29, 0.717) is 13.2 Å². The first kappa shape index (κ1) is 17.4. The smallest absolute Gasteiger partial charge is 0.230 e. The van der Waals surface area contributed by atoms with Gasteiger partial charge in [0.1, 0.15) is 0 Å².